The molecule has 7 heteroatoms. The van der Waals surface area contributed by atoms with Gasteiger partial charge in [0.1, 0.15) is 0 Å². The summed E-state index contributed by atoms with van der Waals surface area (Å²) in [6.07, 6.45) is 1.50. The minimum atomic E-state index is -0.373. The summed E-state index contributed by atoms with van der Waals surface area (Å²) >= 11 is 11.9. The van der Waals surface area contributed by atoms with Crippen LogP contribution in [0.15, 0.2) is 77.9 Å². The van der Waals surface area contributed by atoms with Gasteiger partial charge in [0, 0.05) is 16.3 Å². The number of anilines is 1. The molecule has 0 spiro atoms. The summed E-state index contributed by atoms with van der Waals surface area (Å²) in [6, 6.07) is 20.3. The van der Waals surface area contributed by atoms with Gasteiger partial charge in [-0.3, -0.25) is 9.59 Å². The highest BCUT2D eigenvalue weighted by molar-refractivity contribution is 6.34. The third-order valence-electron chi connectivity index (χ3n) is 3.75. The molecule has 3 rings (SSSR count). The van der Waals surface area contributed by atoms with Crippen molar-refractivity contribution in [3.8, 4) is 0 Å². The Balaban J connectivity index is 1.60. The number of halogens is 2. The SMILES string of the molecule is O=C(N/N=C/c1cccc(Cl)c1)c1ccc(NC(=O)c2ccccc2Cl)cc1. The molecular weight excluding hydrogens is 397 g/mol. The van der Waals surface area contributed by atoms with Crippen molar-refractivity contribution < 1.29 is 9.59 Å². The molecule has 0 atom stereocenters. The number of benzene rings is 3. The average Bonchev–Trinajstić information content (AvgIpc) is 2.69. The third kappa shape index (κ3) is 5.19. The standard InChI is InChI=1S/C21H15Cl2N3O2/c22-16-5-3-4-14(12-16)13-24-26-20(27)15-8-10-17(11-9-15)25-21(28)18-6-1-2-7-19(18)23/h1-13H,(H,25,28)(H,26,27)/b24-13+. The molecule has 0 saturated heterocycles. The molecule has 3 aromatic carbocycles. The van der Waals surface area contributed by atoms with Gasteiger partial charge >= 0.3 is 0 Å². The first-order chi connectivity index (χ1) is 13.5. The molecule has 3 aromatic rings. The molecule has 0 aliphatic heterocycles. The van der Waals surface area contributed by atoms with Crippen LogP contribution in [0.5, 0.6) is 0 Å². The number of hydrogen-bond acceptors (Lipinski definition) is 3. The topological polar surface area (TPSA) is 70.6 Å². The molecule has 0 aromatic heterocycles. The fourth-order valence-electron chi connectivity index (χ4n) is 2.37. The number of amides is 2. The van der Waals surface area contributed by atoms with Crippen molar-refractivity contribution in [1.82, 2.24) is 5.43 Å². The van der Waals surface area contributed by atoms with Crippen LogP contribution in [0.4, 0.5) is 5.69 Å². The quantitative estimate of drug-likeness (QED) is 0.457. The number of nitrogens with one attached hydrogen (secondary N) is 2. The molecule has 0 aliphatic carbocycles. The molecule has 28 heavy (non-hydrogen) atoms. The Morgan fingerprint density at radius 3 is 2.32 bits per heavy atom. The van der Waals surface area contributed by atoms with Crippen LogP contribution in [0.1, 0.15) is 26.3 Å². The van der Waals surface area contributed by atoms with Gasteiger partial charge in [0.2, 0.25) is 0 Å². The fraction of sp³-hybridized carbons (Fsp3) is 0. The summed E-state index contributed by atoms with van der Waals surface area (Å²) in [5.74, 6) is -0.698. The maximum atomic E-state index is 12.3. The lowest BCUT2D eigenvalue weighted by Gasteiger charge is -2.07. The van der Waals surface area contributed by atoms with E-state index < -0.39 is 0 Å². The van der Waals surface area contributed by atoms with Gasteiger partial charge in [-0.25, -0.2) is 5.43 Å². The van der Waals surface area contributed by atoms with Crippen molar-refractivity contribution in [2.75, 3.05) is 5.32 Å². The van der Waals surface area contributed by atoms with Crippen LogP contribution >= 0.6 is 23.2 Å². The molecule has 0 heterocycles. The number of hydrazone groups is 1. The normalized spacial score (nSPS) is 10.6. The van der Waals surface area contributed by atoms with Crippen LogP contribution in [0.25, 0.3) is 0 Å². The maximum absolute atomic E-state index is 12.3. The van der Waals surface area contributed by atoms with E-state index in [4.69, 9.17) is 23.2 Å². The highest BCUT2D eigenvalue weighted by Gasteiger charge is 2.10. The van der Waals surface area contributed by atoms with Crippen molar-refractivity contribution in [3.05, 3.63) is 99.5 Å². The lowest BCUT2D eigenvalue weighted by molar-refractivity contribution is 0.0954. The number of hydrogen-bond donors (Lipinski definition) is 2. The molecule has 0 unspecified atom stereocenters. The monoisotopic (exact) mass is 411 g/mol. The molecule has 0 radical (unpaired) electrons. The molecule has 2 N–H and O–H groups in total. The number of rotatable bonds is 5. The maximum Gasteiger partial charge on any atom is 0.271 e. The summed E-state index contributed by atoms with van der Waals surface area (Å²) in [5.41, 5.74) is 4.54. The zero-order valence-corrected chi connectivity index (χ0v) is 16.0. The van der Waals surface area contributed by atoms with Crippen LogP contribution in [-0.2, 0) is 0 Å². The second-order valence-corrected chi connectivity index (χ2v) is 6.61. The predicted molar refractivity (Wildman–Crippen MR) is 112 cm³/mol. The van der Waals surface area contributed by atoms with Gasteiger partial charge in [-0.2, -0.15) is 5.10 Å². The molecule has 0 fully saturated rings. The Bertz CT molecular complexity index is 1030. The van der Waals surface area contributed by atoms with Gasteiger partial charge in [-0.15, -0.1) is 0 Å². The Kier molecular flexibility index (Phi) is 6.42. The highest BCUT2D eigenvalue weighted by atomic mass is 35.5. The summed E-state index contributed by atoms with van der Waals surface area (Å²) in [4.78, 5) is 24.4. The van der Waals surface area contributed by atoms with E-state index in [-0.39, 0.29) is 11.8 Å². The van der Waals surface area contributed by atoms with E-state index in [0.29, 0.717) is 26.9 Å². The van der Waals surface area contributed by atoms with Crippen LogP contribution in [-0.4, -0.2) is 18.0 Å². The largest absolute Gasteiger partial charge is 0.322 e. The third-order valence-corrected chi connectivity index (χ3v) is 4.32. The Hall–Kier alpha value is -3.15. The molecule has 0 aliphatic rings. The van der Waals surface area contributed by atoms with E-state index in [1.807, 2.05) is 6.07 Å². The van der Waals surface area contributed by atoms with E-state index >= 15 is 0 Å². The Morgan fingerprint density at radius 2 is 1.61 bits per heavy atom. The lowest BCUT2D eigenvalue weighted by atomic mass is 10.1. The van der Waals surface area contributed by atoms with Gasteiger partial charge in [0.15, 0.2) is 0 Å². The Labute approximate surface area is 172 Å². The van der Waals surface area contributed by atoms with E-state index in [2.05, 4.69) is 15.8 Å². The first kappa shape index (κ1) is 19.6. The summed E-state index contributed by atoms with van der Waals surface area (Å²) in [5, 5.41) is 7.61. The smallest absolute Gasteiger partial charge is 0.271 e. The molecule has 0 saturated carbocycles. The zero-order chi connectivity index (χ0) is 19.9. The van der Waals surface area contributed by atoms with Gasteiger partial charge < -0.3 is 5.32 Å². The second-order valence-electron chi connectivity index (χ2n) is 5.77. The number of carbonyl (C=O) groups is 2. The second kappa shape index (κ2) is 9.17. The predicted octanol–water partition coefficient (Wildman–Crippen LogP) is 5.01. The first-order valence-electron chi connectivity index (χ1n) is 8.28. The lowest BCUT2D eigenvalue weighted by Crippen LogP contribution is -2.18. The number of carbonyl (C=O) groups excluding carboxylic acids is 2. The summed E-state index contributed by atoms with van der Waals surface area (Å²) < 4.78 is 0. The Morgan fingerprint density at radius 1 is 0.857 bits per heavy atom. The summed E-state index contributed by atoms with van der Waals surface area (Å²) in [6.45, 7) is 0. The van der Waals surface area contributed by atoms with Crippen LogP contribution in [0, 0.1) is 0 Å². The average molecular weight is 412 g/mol. The van der Waals surface area contributed by atoms with Gasteiger partial charge in [-0.05, 0) is 54.1 Å². The minimum absolute atomic E-state index is 0.325. The van der Waals surface area contributed by atoms with Crippen LogP contribution in [0.3, 0.4) is 0 Å². The van der Waals surface area contributed by atoms with Crippen molar-refractivity contribution in [1.29, 1.82) is 0 Å². The van der Waals surface area contributed by atoms with Crippen LogP contribution < -0.4 is 10.7 Å². The molecule has 0 bridgehead atoms. The van der Waals surface area contributed by atoms with E-state index in [1.165, 1.54) is 6.21 Å². The molecular formula is C21H15Cl2N3O2. The molecule has 140 valence electrons. The van der Waals surface area contributed by atoms with Crippen LogP contribution in [0.2, 0.25) is 10.0 Å². The van der Waals surface area contributed by atoms with Gasteiger partial charge in [0.05, 0.1) is 16.8 Å². The molecule has 2 amide bonds. The van der Waals surface area contributed by atoms with Gasteiger partial charge in [-0.1, -0.05) is 47.5 Å². The summed E-state index contributed by atoms with van der Waals surface area (Å²) in [7, 11) is 0. The van der Waals surface area contributed by atoms with E-state index in [9.17, 15) is 9.59 Å². The fourth-order valence-corrected chi connectivity index (χ4v) is 2.79. The van der Waals surface area contributed by atoms with Crippen molar-refractivity contribution in [2.24, 2.45) is 5.10 Å². The van der Waals surface area contributed by atoms with Gasteiger partial charge in [0.25, 0.3) is 11.8 Å². The van der Waals surface area contributed by atoms with E-state index in [1.54, 1.807) is 66.7 Å². The first-order valence-corrected chi connectivity index (χ1v) is 9.03. The number of nitrogens with zero attached hydrogens (tertiary/aromatic N) is 1. The molecule has 5 nitrogen and oxygen atoms in total. The zero-order valence-electron chi connectivity index (χ0n) is 14.5. The minimum Gasteiger partial charge on any atom is -0.322 e. The van der Waals surface area contributed by atoms with Crippen molar-refractivity contribution in [2.45, 2.75) is 0 Å². The highest BCUT2D eigenvalue weighted by Crippen LogP contribution is 2.17. The van der Waals surface area contributed by atoms with Crippen molar-refractivity contribution >= 4 is 46.9 Å². The van der Waals surface area contributed by atoms with E-state index in [0.717, 1.165) is 5.56 Å². The van der Waals surface area contributed by atoms with Crippen molar-refractivity contribution in [3.63, 3.8) is 0 Å².